The Balaban J connectivity index is 0. The summed E-state index contributed by atoms with van der Waals surface area (Å²) in [5.74, 6) is 2.60. The molecule has 0 fully saturated rings. The third-order valence-corrected chi connectivity index (χ3v) is 6.64. The number of anilines is 1. The van der Waals surface area contributed by atoms with Crippen LogP contribution < -0.4 is 10.2 Å². The summed E-state index contributed by atoms with van der Waals surface area (Å²) in [7, 11) is 4.07. The minimum absolute atomic E-state index is 0.983. The summed E-state index contributed by atoms with van der Waals surface area (Å²) in [5.41, 5.74) is 8.23. The van der Waals surface area contributed by atoms with E-state index in [1.807, 2.05) is 52.1 Å². The lowest BCUT2D eigenvalue weighted by Crippen LogP contribution is -2.24. The van der Waals surface area contributed by atoms with E-state index in [0.29, 0.717) is 0 Å². The van der Waals surface area contributed by atoms with Crippen LogP contribution in [-0.4, -0.2) is 45.2 Å². The second-order valence-electron chi connectivity index (χ2n) is 10.6. The lowest BCUT2D eigenvalue weighted by atomic mass is 10.0. The number of rotatable bonds is 11. The highest BCUT2D eigenvalue weighted by atomic mass is 15.1. The van der Waals surface area contributed by atoms with Crippen molar-refractivity contribution in [3.63, 3.8) is 0 Å². The van der Waals surface area contributed by atoms with Crippen LogP contribution in [0.1, 0.15) is 95.0 Å². The molecule has 0 radical (unpaired) electrons. The minimum Gasteiger partial charge on any atom is -0.388 e. The number of terminal acetylenes is 1. The Bertz CT molecular complexity index is 1130. The molecule has 0 aliphatic rings. The molecule has 0 saturated carbocycles. The highest BCUT2D eigenvalue weighted by molar-refractivity contribution is 5.65. The van der Waals surface area contributed by atoms with Crippen LogP contribution in [0.4, 0.5) is 5.69 Å². The average molecular weight is 600 g/mol. The zero-order chi connectivity index (χ0) is 33.8. The predicted molar refractivity (Wildman–Crippen MR) is 202 cm³/mol. The largest absolute Gasteiger partial charge is 0.388 e. The van der Waals surface area contributed by atoms with Crippen molar-refractivity contribution in [3.05, 3.63) is 107 Å². The normalized spacial score (nSPS) is 9.34. The quantitative estimate of drug-likeness (QED) is 0.221. The second kappa shape index (κ2) is 28.3. The SMILES string of the molecule is C#Cc1ccccc1C.C=C(NC)c1cc(C)ccc1C.CC.CCCN(C)CCC.CCCN(CCC)c1ccccc1. The fraction of sp³-hybridized carbons (Fsp3) is 0.463. The Morgan fingerprint density at radius 1 is 0.727 bits per heavy atom. The fourth-order valence-electron chi connectivity index (χ4n) is 4.35. The van der Waals surface area contributed by atoms with Gasteiger partial charge < -0.3 is 15.1 Å². The molecule has 0 saturated heterocycles. The first-order chi connectivity index (χ1) is 21.2. The number of para-hydroxylation sites is 1. The standard InChI is InChI=1S/C12H19N.C11H15N.C9H8.C7H17N.C2H6/c1-3-10-13(11-4-2)12-8-6-5-7-9-12;1-8-5-6-9(2)11(7-8)10(3)12-4;1-3-9-7-5-4-6-8(9)2;1-4-6-8(3)7-5-2;1-2/h5-9H,3-4,10-11H2,1-2H3;5-7,12H,3H2,1-2,4H3;1,4-7H,2H3;4-7H2,1-3H3;1-2H3. The van der Waals surface area contributed by atoms with Gasteiger partial charge in [0.15, 0.2) is 0 Å². The summed E-state index contributed by atoms with van der Waals surface area (Å²) in [4.78, 5) is 4.81. The number of hydrogen-bond donors (Lipinski definition) is 1. The van der Waals surface area contributed by atoms with Crippen molar-refractivity contribution in [1.82, 2.24) is 10.2 Å². The van der Waals surface area contributed by atoms with Crippen molar-refractivity contribution in [2.75, 3.05) is 45.2 Å². The molecule has 3 aromatic rings. The van der Waals surface area contributed by atoms with Crippen LogP contribution in [0.3, 0.4) is 0 Å². The molecular weight excluding hydrogens is 534 g/mol. The molecule has 0 aliphatic carbocycles. The average Bonchev–Trinajstić information content (AvgIpc) is 3.04. The van der Waals surface area contributed by atoms with Crippen LogP contribution in [0.5, 0.6) is 0 Å². The van der Waals surface area contributed by atoms with E-state index >= 15 is 0 Å². The van der Waals surface area contributed by atoms with Crippen LogP contribution in [0.15, 0.2) is 79.4 Å². The summed E-state index contributed by atoms with van der Waals surface area (Å²) in [6.45, 7) is 27.8. The molecule has 3 aromatic carbocycles. The monoisotopic (exact) mass is 600 g/mol. The van der Waals surface area contributed by atoms with Crippen LogP contribution in [0, 0.1) is 33.1 Å². The van der Waals surface area contributed by atoms with E-state index in [-0.39, 0.29) is 0 Å². The third kappa shape index (κ3) is 19.7. The lowest BCUT2D eigenvalue weighted by molar-refractivity contribution is 0.335. The number of hydrogen-bond acceptors (Lipinski definition) is 3. The van der Waals surface area contributed by atoms with Gasteiger partial charge in [-0.15, -0.1) is 6.42 Å². The van der Waals surface area contributed by atoms with Gasteiger partial charge in [0.1, 0.15) is 0 Å². The highest BCUT2D eigenvalue weighted by Gasteiger charge is 2.02. The molecule has 0 aromatic heterocycles. The van der Waals surface area contributed by atoms with Gasteiger partial charge in [0, 0.05) is 42.6 Å². The Kier molecular flexibility index (Phi) is 27.4. The maximum absolute atomic E-state index is 5.20. The Morgan fingerprint density at radius 3 is 1.66 bits per heavy atom. The van der Waals surface area contributed by atoms with Crippen LogP contribution >= 0.6 is 0 Å². The van der Waals surface area contributed by atoms with Gasteiger partial charge in [-0.3, -0.25) is 0 Å². The maximum Gasteiger partial charge on any atom is 0.0366 e. The van der Waals surface area contributed by atoms with Gasteiger partial charge >= 0.3 is 0 Å². The first-order valence-corrected chi connectivity index (χ1v) is 16.6. The van der Waals surface area contributed by atoms with Gasteiger partial charge in [0.05, 0.1) is 0 Å². The molecule has 0 atom stereocenters. The van der Waals surface area contributed by atoms with E-state index in [1.54, 1.807) is 0 Å². The molecule has 0 bridgehead atoms. The number of nitrogens with one attached hydrogen (secondary N) is 1. The second-order valence-corrected chi connectivity index (χ2v) is 10.6. The van der Waals surface area contributed by atoms with E-state index in [2.05, 4.69) is 125 Å². The van der Waals surface area contributed by atoms with Crippen molar-refractivity contribution in [2.45, 2.75) is 88.0 Å². The molecule has 0 amide bonds. The molecule has 3 rings (SSSR count). The summed E-state index contributed by atoms with van der Waals surface area (Å²) < 4.78 is 0. The molecule has 3 nitrogen and oxygen atoms in total. The number of nitrogens with zero attached hydrogens (tertiary/aromatic N) is 2. The maximum atomic E-state index is 5.20. The number of aryl methyl sites for hydroxylation is 3. The molecule has 244 valence electrons. The third-order valence-electron chi connectivity index (χ3n) is 6.64. The van der Waals surface area contributed by atoms with E-state index in [0.717, 1.165) is 24.4 Å². The Morgan fingerprint density at radius 2 is 1.23 bits per heavy atom. The molecule has 3 heteroatoms. The highest BCUT2D eigenvalue weighted by Crippen LogP contribution is 2.16. The van der Waals surface area contributed by atoms with Gasteiger partial charge in [-0.25, -0.2) is 0 Å². The van der Waals surface area contributed by atoms with Crippen molar-refractivity contribution < 1.29 is 0 Å². The van der Waals surface area contributed by atoms with Crippen molar-refractivity contribution in [3.8, 4) is 12.3 Å². The van der Waals surface area contributed by atoms with Crippen molar-refractivity contribution in [2.24, 2.45) is 0 Å². The minimum atomic E-state index is 0.983. The van der Waals surface area contributed by atoms with Gasteiger partial charge in [0.2, 0.25) is 0 Å². The number of benzene rings is 3. The smallest absolute Gasteiger partial charge is 0.0366 e. The lowest BCUT2D eigenvalue weighted by Gasteiger charge is -2.23. The first-order valence-electron chi connectivity index (χ1n) is 16.6. The molecule has 44 heavy (non-hydrogen) atoms. The predicted octanol–water partition coefficient (Wildman–Crippen LogP) is 10.5. The van der Waals surface area contributed by atoms with Crippen LogP contribution in [0.25, 0.3) is 5.70 Å². The summed E-state index contributed by atoms with van der Waals surface area (Å²) in [6.07, 6.45) is 10.2. The van der Waals surface area contributed by atoms with Gasteiger partial charge in [-0.2, -0.15) is 0 Å². The molecule has 1 N–H and O–H groups in total. The Labute approximate surface area is 273 Å². The zero-order valence-electron chi connectivity index (χ0n) is 30.3. The molecular formula is C41H65N3. The van der Waals surface area contributed by atoms with E-state index in [4.69, 9.17) is 6.42 Å². The van der Waals surface area contributed by atoms with Crippen molar-refractivity contribution >= 4 is 11.4 Å². The van der Waals surface area contributed by atoms with Crippen molar-refractivity contribution in [1.29, 1.82) is 0 Å². The van der Waals surface area contributed by atoms with Gasteiger partial charge in [-0.1, -0.05) is 108 Å². The topological polar surface area (TPSA) is 18.5 Å². The molecule has 0 aliphatic heterocycles. The van der Waals surface area contributed by atoms with Crippen LogP contribution in [-0.2, 0) is 0 Å². The molecule has 0 unspecified atom stereocenters. The Hall–Kier alpha value is -3.48. The summed E-state index contributed by atoms with van der Waals surface area (Å²) >= 11 is 0. The first kappa shape index (κ1) is 42.7. The molecule has 0 spiro atoms. The van der Waals surface area contributed by atoms with E-state index in [1.165, 1.54) is 66.7 Å². The summed E-state index contributed by atoms with van der Waals surface area (Å²) in [5, 5.41) is 3.05. The zero-order valence-corrected chi connectivity index (χ0v) is 30.3. The van der Waals surface area contributed by atoms with E-state index in [9.17, 15) is 0 Å². The fourth-order valence-corrected chi connectivity index (χ4v) is 4.35. The van der Waals surface area contributed by atoms with Gasteiger partial charge in [-0.05, 0) is 102 Å². The van der Waals surface area contributed by atoms with Gasteiger partial charge in [0.25, 0.3) is 0 Å². The van der Waals surface area contributed by atoms with E-state index < -0.39 is 0 Å². The van der Waals surface area contributed by atoms with Crippen LogP contribution in [0.2, 0.25) is 0 Å². The molecule has 0 heterocycles. The summed E-state index contributed by atoms with van der Waals surface area (Å²) in [6, 6.07) is 24.9.